The minimum absolute atomic E-state index is 0.0650. The Balaban J connectivity index is 1.85. The molecular formula is C15H23NO2S. The molecule has 2 N–H and O–H groups in total. The number of carbonyl (C=O) groups excluding carboxylic acids is 1. The first kappa shape index (κ1) is 14.5. The van der Waals surface area contributed by atoms with E-state index in [1.807, 2.05) is 17.7 Å². The smallest absolute Gasteiger partial charge is 0.252 e. The number of thiophene rings is 1. The zero-order chi connectivity index (χ0) is 13.9. The van der Waals surface area contributed by atoms with Gasteiger partial charge in [-0.1, -0.05) is 13.3 Å². The molecule has 4 heteroatoms. The molecule has 2 rings (SSSR count). The van der Waals surface area contributed by atoms with Crippen LogP contribution in [-0.4, -0.2) is 23.2 Å². The largest absolute Gasteiger partial charge is 0.388 e. The monoisotopic (exact) mass is 281 g/mol. The topological polar surface area (TPSA) is 49.3 Å². The Morgan fingerprint density at radius 2 is 2.16 bits per heavy atom. The Morgan fingerprint density at radius 3 is 2.68 bits per heavy atom. The highest BCUT2D eigenvalue weighted by Crippen LogP contribution is 2.33. The molecule has 0 unspecified atom stereocenters. The van der Waals surface area contributed by atoms with Crippen molar-refractivity contribution in [2.75, 3.05) is 6.54 Å². The van der Waals surface area contributed by atoms with Crippen LogP contribution in [0.1, 0.15) is 54.9 Å². The van der Waals surface area contributed by atoms with Gasteiger partial charge in [0, 0.05) is 11.9 Å². The van der Waals surface area contributed by atoms with E-state index in [0.717, 1.165) is 42.7 Å². The maximum Gasteiger partial charge on any atom is 0.252 e. The molecule has 0 spiro atoms. The van der Waals surface area contributed by atoms with E-state index in [4.69, 9.17) is 0 Å². The van der Waals surface area contributed by atoms with Crippen LogP contribution in [0.3, 0.4) is 0 Å². The SMILES string of the molecule is CCC1CCC(O)(CNC(=O)c2cscc2C)CC1. The summed E-state index contributed by atoms with van der Waals surface area (Å²) in [6, 6.07) is 0. The zero-order valence-corrected chi connectivity index (χ0v) is 12.6. The van der Waals surface area contributed by atoms with Crippen molar-refractivity contribution in [3.63, 3.8) is 0 Å². The van der Waals surface area contributed by atoms with Gasteiger partial charge in [0.15, 0.2) is 0 Å². The van der Waals surface area contributed by atoms with Gasteiger partial charge in [-0.3, -0.25) is 4.79 Å². The second-order valence-electron chi connectivity index (χ2n) is 5.73. The Morgan fingerprint density at radius 1 is 1.47 bits per heavy atom. The molecule has 1 aromatic rings. The van der Waals surface area contributed by atoms with Crippen LogP contribution in [0.5, 0.6) is 0 Å². The number of carbonyl (C=O) groups is 1. The lowest BCUT2D eigenvalue weighted by molar-refractivity contribution is -0.00786. The van der Waals surface area contributed by atoms with Crippen LogP contribution in [0.25, 0.3) is 0 Å². The molecule has 1 aliphatic rings. The van der Waals surface area contributed by atoms with E-state index in [2.05, 4.69) is 12.2 Å². The molecule has 0 saturated heterocycles. The molecule has 19 heavy (non-hydrogen) atoms. The first-order chi connectivity index (χ1) is 9.04. The van der Waals surface area contributed by atoms with Crippen molar-refractivity contribution >= 4 is 17.2 Å². The zero-order valence-electron chi connectivity index (χ0n) is 11.7. The average Bonchev–Trinajstić information content (AvgIpc) is 2.83. The number of aliphatic hydroxyl groups is 1. The maximum absolute atomic E-state index is 12.0. The maximum atomic E-state index is 12.0. The number of aryl methyl sites for hydroxylation is 1. The highest BCUT2D eigenvalue weighted by molar-refractivity contribution is 7.08. The number of hydrogen-bond acceptors (Lipinski definition) is 3. The highest BCUT2D eigenvalue weighted by Gasteiger charge is 2.33. The number of hydrogen-bond donors (Lipinski definition) is 2. The minimum atomic E-state index is -0.703. The fourth-order valence-corrected chi connectivity index (χ4v) is 3.56. The fraction of sp³-hybridized carbons (Fsp3) is 0.667. The van der Waals surface area contributed by atoms with Gasteiger partial charge in [0.2, 0.25) is 0 Å². The molecule has 1 fully saturated rings. The molecule has 0 radical (unpaired) electrons. The third-order valence-electron chi connectivity index (χ3n) is 4.29. The average molecular weight is 281 g/mol. The number of rotatable bonds is 4. The van der Waals surface area contributed by atoms with Gasteiger partial charge in [0.05, 0.1) is 11.2 Å². The van der Waals surface area contributed by atoms with Gasteiger partial charge >= 0.3 is 0 Å². The summed E-state index contributed by atoms with van der Waals surface area (Å²) in [5.41, 5.74) is 1.03. The van der Waals surface area contributed by atoms with E-state index in [9.17, 15) is 9.90 Å². The van der Waals surface area contributed by atoms with Gasteiger partial charge in [0.1, 0.15) is 0 Å². The van der Waals surface area contributed by atoms with Crippen molar-refractivity contribution in [1.82, 2.24) is 5.32 Å². The highest BCUT2D eigenvalue weighted by atomic mass is 32.1. The van der Waals surface area contributed by atoms with Crippen LogP contribution in [0.15, 0.2) is 10.8 Å². The molecule has 0 aromatic carbocycles. The molecule has 1 aliphatic carbocycles. The quantitative estimate of drug-likeness (QED) is 0.891. The van der Waals surface area contributed by atoms with Crippen LogP contribution in [-0.2, 0) is 0 Å². The third kappa shape index (κ3) is 3.57. The van der Waals surface area contributed by atoms with Crippen molar-refractivity contribution in [3.8, 4) is 0 Å². The lowest BCUT2D eigenvalue weighted by Crippen LogP contribution is -2.45. The van der Waals surface area contributed by atoms with Crippen molar-refractivity contribution in [2.45, 2.75) is 51.6 Å². The van der Waals surface area contributed by atoms with Gasteiger partial charge in [0.25, 0.3) is 5.91 Å². The van der Waals surface area contributed by atoms with E-state index in [1.165, 1.54) is 17.8 Å². The molecule has 1 aromatic heterocycles. The predicted molar refractivity (Wildman–Crippen MR) is 78.6 cm³/mol. The second kappa shape index (κ2) is 6.06. The summed E-state index contributed by atoms with van der Waals surface area (Å²) in [6.45, 7) is 4.51. The molecule has 0 atom stereocenters. The molecule has 0 aliphatic heterocycles. The standard InChI is InChI=1S/C15H23NO2S/c1-3-12-4-6-15(18,7-5-12)10-16-14(17)13-9-19-8-11(13)2/h8-9,12,18H,3-7,10H2,1-2H3,(H,16,17). The molecule has 1 heterocycles. The summed E-state index contributed by atoms with van der Waals surface area (Å²) in [5.74, 6) is 0.680. The predicted octanol–water partition coefficient (Wildman–Crippen LogP) is 3.12. The van der Waals surface area contributed by atoms with Crippen LogP contribution in [0.2, 0.25) is 0 Å². The molecule has 0 bridgehead atoms. The van der Waals surface area contributed by atoms with Gasteiger partial charge in [-0.2, -0.15) is 11.3 Å². The Kier molecular flexibility index (Phi) is 4.63. The number of nitrogens with one attached hydrogen (secondary N) is 1. The van der Waals surface area contributed by atoms with E-state index in [0.29, 0.717) is 6.54 Å². The lowest BCUT2D eigenvalue weighted by atomic mass is 9.78. The fourth-order valence-electron chi connectivity index (χ4n) is 2.73. The molecule has 1 saturated carbocycles. The second-order valence-corrected chi connectivity index (χ2v) is 6.47. The number of amides is 1. The third-order valence-corrected chi connectivity index (χ3v) is 5.15. The van der Waals surface area contributed by atoms with Gasteiger partial charge in [-0.05, 0) is 49.5 Å². The van der Waals surface area contributed by atoms with Crippen LogP contribution in [0.4, 0.5) is 0 Å². The molecule has 106 valence electrons. The normalized spacial score (nSPS) is 27.2. The molecule has 1 amide bonds. The first-order valence-corrected chi connectivity index (χ1v) is 8.02. The summed E-state index contributed by atoms with van der Waals surface area (Å²) in [5, 5.41) is 17.2. The van der Waals surface area contributed by atoms with E-state index in [1.54, 1.807) is 0 Å². The summed E-state index contributed by atoms with van der Waals surface area (Å²) in [6.07, 6.45) is 4.93. The summed E-state index contributed by atoms with van der Waals surface area (Å²) < 4.78 is 0. The van der Waals surface area contributed by atoms with Crippen molar-refractivity contribution < 1.29 is 9.90 Å². The van der Waals surface area contributed by atoms with E-state index >= 15 is 0 Å². The van der Waals surface area contributed by atoms with Crippen LogP contribution >= 0.6 is 11.3 Å². The molecular weight excluding hydrogens is 258 g/mol. The van der Waals surface area contributed by atoms with Crippen molar-refractivity contribution in [1.29, 1.82) is 0 Å². The van der Waals surface area contributed by atoms with Gasteiger partial charge in [-0.25, -0.2) is 0 Å². The Hall–Kier alpha value is -0.870. The van der Waals surface area contributed by atoms with E-state index < -0.39 is 5.60 Å². The van der Waals surface area contributed by atoms with Gasteiger partial charge in [-0.15, -0.1) is 0 Å². The Labute approximate surface area is 119 Å². The lowest BCUT2D eigenvalue weighted by Gasteiger charge is -2.35. The van der Waals surface area contributed by atoms with Crippen LogP contribution < -0.4 is 5.32 Å². The summed E-state index contributed by atoms with van der Waals surface area (Å²) in [7, 11) is 0. The van der Waals surface area contributed by atoms with E-state index in [-0.39, 0.29) is 5.91 Å². The van der Waals surface area contributed by atoms with Crippen molar-refractivity contribution in [2.24, 2.45) is 5.92 Å². The minimum Gasteiger partial charge on any atom is -0.388 e. The van der Waals surface area contributed by atoms with Crippen molar-refractivity contribution in [3.05, 3.63) is 21.9 Å². The van der Waals surface area contributed by atoms with Crippen LogP contribution in [0, 0.1) is 12.8 Å². The first-order valence-electron chi connectivity index (χ1n) is 7.07. The van der Waals surface area contributed by atoms with Gasteiger partial charge < -0.3 is 10.4 Å². The summed E-state index contributed by atoms with van der Waals surface area (Å²) in [4.78, 5) is 12.0. The summed E-state index contributed by atoms with van der Waals surface area (Å²) >= 11 is 1.54. The molecule has 3 nitrogen and oxygen atoms in total. The Bertz CT molecular complexity index is 433.